The molecule has 0 aliphatic carbocycles. The SMILES string of the molecule is N#Cc1c(-c2ccccc2)cc(-c2ccccc2)n(Cc2ccc(C(=O)O)cc2)c1=O. The Kier molecular flexibility index (Phi) is 5.46. The predicted octanol–water partition coefficient (Wildman–Crippen LogP) is 4.80. The zero-order valence-corrected chi connectivity index (χ0v) is 16.5. The number of aromatic carboxylic acids is 1. The summed E-state index contributed by atoms with van der Waals surface area (Å²) in [5.74, 6) is -1.01. The van der Waals surface area contributed by atoms with E-state index in [2.05, 4.69) is 6.07 Å². The van der Waals surface area contributed by atoms with Crippen LogP contribution >= 0.6 is 0 Å². The minimum absolute atomic E-state index is 0.0769. The number of nitriles is 1. The molecule has 3 aromatic carbocycles. The quantitative estimate of drug-likeness (QED) is 0.516. The van der Waals surface area contributed by atoms with Crippen LogP contribution in [-0.2, 0) is 6.54 Å². The molecule has 0 fully saturated rings. The molecular formula is C26H18N2O3. The highest BCUT2D eigenvalue weighted by molar-refractivity contribution is 5.87. The number of pyridine rings is 1. The highest BCUT2D eigenvalue weighted by Crippen LogP contribution is 2.28. The number of rotatable bonds is 5. The van der Waals surface area contributed by atoms with Gasteiger partial charge in [-0.3, -0.25) is 4.79 Å². The van der Waals surface area contributed by atoms with Gasteiger partial charge < -0.3 is 9.67 Å². The predicted molar refractivity (Wildman–Crippen MR) is 119 cm³/mol. The molecule has 5 nitrogen and oxygen atoms in total. The molecule has 0 saturated heterocycles. The molecule has 0 aliphatic rings. The minimum Gasteiger partial charge on any atom is -0.478 e. The number of hydrogen-bond donors (Lipinski definition) is 1. The topological polar surface area (TPSA) is 83.1 Å². The lowest BCUT2D eigenvalue weighted by Crippen LogP contribution is -2.25. The van der Waals surface area contributed by atoms with Crippen LogP contribution in [0.4, 0.5) is 0 Å². The molecule has 0 radical (unpaired) electrons. The molecule has 4 rings (SSSR count). The number of nitrogens with zero attached hydrogens (tertiary/aromatic N) is 2. The first-order valence-corrected chi connectivity index (χ1v) is 9.69. The second-order valence-corrected chi connectivity index (χ2v) is 7.06. The van der Waals surface area contributed by atoms with E-state index in [1.54, 1.807) is 16.7 Å². The van der Waals surface area contributed by atoms with E-state index in [1.165, 1.54) is 12.1 Å². The number of benzene rings is 3. The van der Waals surface area contributed by atoms with Gasteiger partial charge >= 0.3 is 5.97 Å². The molecule has 4 aromatic rings. The van der Waals surface area contributed by atoms with E-state index in [1.807, 2.05) is 66.7 Å². The number of carboxylic acids is 1. The number of aromatic nitrogens is 1. The van der Waals surface area contributed by atoms with E-state index >= 15 is 0 Å². The van der Waals surface area contributed by atoms with Gasteiger partial charge in [0.1, 0.15) is 11.6 Å². The molecule has 0 bridgehead atoms. The number of hydrogen-bond acceptors (Lipinski definition) is 3. The van der Waals surface area contributed by atoms with Crippen LogP contribution < -0.4 is 5.56 Å². The van der Waals surface area contributed by atoms with Gasteiger partial charge in [-0.05, 0) is 34.9 Å². The molecule has 0 atom stereocenters. The van der Waals surface area contributed by atoms with Crippen LogP contribution in [-0.4, -0.2) is 15.6 Å². The van der Waals surface area contributed by atoms with E-state index in [0.717, 1.165) is 16.7 Å². The molecule has 0 unspecified atom stereocenters. The van der Waals surface area contributed by atoms with E-state index in [0.29, 0.717) is 11.3 Å². The molecular weight excluding hydrogens is 388 g/mol. The zero-order valence-electron chi connectivity index (χ0n) is 16.5. The maximum Gasteiger partial charge on any atom is 0.335 e. The lowest BCUT2D eigenvalue weighted by Gasteiger charge is -2.17. The van der Waals surface area contributed by atoms with Crippen molar-refractivity contribution in [3.05, 3.63) is 118 Å². The second kappa shape index (κ2) is 8.52. The average Bonchev–Trinajstić information content (AvgIpc) is 2.81. The largest absolute Gasteiger partial charge is 0.478 e. The third kappa shape index (κ3) is 4.00. The zero-order chi connectivity index (χ0) is 21.8. The van der Waals surface area contributed by atoms with E-state index in [-0.39, 0.29) is 23.2 Å². The van der Waals surface area contributed by atoms with Crippen LogP contribution in [0.25, 0.3) is 22.4 Å². The third-order valence-corrected chi connectivity index (χ3v) is 5.11. The maximum absolute atomic E-state index is 13.4. The summed E-state index contributed by atoms with van der Waals surface area (Å²) in [5, 5.41) is 18.9. The van der Waals surface area contributed by atoms with Crippen LogP contribution in [0, 0.1) is 11.3 Å². The Morgan fingerprint density at radius 1 is 0.871 bits per heavy atom. The monoisotopic (exact) mass is 406 g/mol. The Morgan fingerprint density at radius 2 is 1.45 bits per heavy atom. The fraction of sp³-hybridized carbons (Fsp3) is 0.0385. The Hall–Kier alpha value is -4.43. The van der Waals surface area contributed by atoms with Crippen molar-refractivity contribution < 1.29 is 9.90 Å². The van der Waals surface area contributed by atoms with Crippen LogP contribution in [0.15, 0.2) is 95.8 Å². The molecule has 31 heavy (non-hydrogen) atoms. The smallest absolute Gasteiger partial charge is 0.335 e. The first-order chi connectivity index (χ1) is 15.1. The minimum atomic E-state index is -1.01. The molecule has 1 aromatic heterocycles. The average molecular weight is 406 g/mol. The van der Waals surface area contributed by atoms with Crippen molar-refractivity contribution in [3.8, 4) is 28.5 Å². The molecule has 0 saturated carbocycles. The van der Waals surface area contributed by atoms with E-state index in [9.17, 15) is 14.9 Å². The van der Waals surface area contributed by atoms with Gasteiger partial charge in [0, 0.05) is 5.56 Å². The summed E-state index contributed by atoms with van der Waals surface area (Å²) < 4.78 is 1.57. The second-order valence-electron chi connectivity index (χ2n) is 7.06. The summed E-state index contributed by atoms with van der Waals surface area (Å²) in [5.41, 5.74) is 3.56. The molecule has 1 heterocycles. The summed E-state index contributed by atoms with van der Waals surface area (Å²) in [6, 6.07) is 29.2. The van der Waals surface area contributed by atoms with Crippen LogP contribution in [0.1, 0.15) is 21.5 Å². The van der Waals surface area contributed by atoms with Gasteiger partial charge in [-0.2, -0.15) is 5.26 Å². The van der Waals surface area contributed by atoms with Gasteiger partial charge in [0.2, 0.25) is 0 Å². The summed E-state index contributed by atoms with van der Waals surface area (Å²) in [7, 11) is 0. The Labute approximate surface area is 179 Å². The van der Waals surface area contributed by atoms with Crippen molar-refractivity contribution in [2.45, 2.75) is 6.54 Å². The fourth-order valence-electron chi connectivity index (χ4n) is 3.54. The number of carboxylic acid groups (broad SMARTS) is 1. The molecule has 1 N–H and O–H groups in total. The molecule has 150 valence electrons. The Bertz CT molecular complexity index is 1330. The van der Waals surface area contributed by atoms with Gasteiger partial charge in [-0.15, -0.1) is 0 Å². The Balaban J connectivity index is 1.92. The van der Waals surface area contributed by atoms with Crippen LogP contribution in [0.2, 0.25) is 0 Å². The summed E-state index contributed by atoms with van der Waals surface area (Å²) in [4.78, 5) is 24.5. The highest BCUT2D eigenvalue weighted by atomic mass is 16.4. The van der Waals surface area contributed by atoms with Crippen LogP contribution in [0.5, 0.6) is 0 Å². The highest BCUT2D eigenvalue weighted by Gasteiger charge is 2.17. The van der Waals surface area contributed by atoms with Gasteiger partial charge in [0.15, 0.2) is 0 Å². The normalized spacial score (nSPS) is 10.4. The molecule has 0 amide bonds. The van der Waals surface area contributed by atoms with E-state index < -0.39 is 5.97 Å². The van der Waals surface area contributed by atoms with Crippen molar-refractivity contribution in [2.75, 3.05) is 0 Å². The van der Waals surface area contributed by atoms with Gasteiger partial charge in [0.25, 0.3) is 5.56 Å². The van der Waals surface area contributed by atoms with E-state index in [4.69, 9.17) is 5.11 Å². The third-order valence-electron chi connectivity index (χ3n) is 5.11. The van der Waals surface area contributed by atoms with Crippen molar-refractivity contribution in [2.24, 2.45) is 0 Å². The standard InChI is InChI=1S/C26H18N2O3/c27-16-23-22(19-7-3-1-4-8-19)15-24(20-9-5-2-6-10-20)28(25(23)29)17-18-11-13-21(14-12-18)26(30)31/h1-15H,17H2,(H,30,31). The summed E-state index contributed by atoms with van der Waals surface area (Å²) in [6.45, 7) is 0.215. The first kappa shape index (κ1) is 19.9. The summed E-state index contributed by atoms with van der Waals surface area (Å²) in [6.07, 6.45) is 0. The number of carbonyl (C=O) groups is 1. The Morgan fingerprint density at radius 3 is 2.00 bits per heavy atom. The van der Waals surface area contributed by atoms with Crippen LogP contribution in [0.3, 0.4) is 0 Å². The lowest BCUT2D eigenvalue weighted by atomic mass is 9.98. The first-order valence-electron chi connectivity index (χ1n) is 9.69. The van der Waals surface area contributed by atoms with Crippen molar-refractivity contribution in [1.82, 2.24) is 4.57 Å². The molecule has 0 spiro atoms. The van der Waals surface area contributed by atoms with Crippen molar-refractivity contribution in [1.29, 1.82) is 5.26 Å². The summed E-state index contributed by atoms with van der Waals surface area (Å²) >= 11 is 0. The van der Waals surface area contributed by atoms with Crippen molar-refractivity contribution in [3.63, 3.8) is 0 Å². The van der Waals surface area contributed by atoms with Crippen molar-refractivity contribution >= 4 is 5.97 Å². The van der Waals surface area contributed by atoms with Gasteiger partial charge in [-0.25, -0.2) is 4.79 Å². The van der Waals surface area contributed by atoms with Gasteiger partial charge in [0.05, 0.1) is 17.8 Å². The fourth-order valence-corrected chi connectivity index (χ4v) is 3.54. The van der Waals surface area contributed by atoms with Gasteiger partial charge in [-0.1, -0.05) is 72.8 Å². The maximum atomic E-state index is 13.4. The lowest BCUT2D eigenvalue weighted by molar-refractivity contribution is 0.0697. The molecule has 5 heteroatoms. The molecule has 0 aliphatic heterocycles.